The molecule has 1 saturated heterocycles. The Morgan fingerprint density at radius 3 is 3.20 bits per heavy atom. The van der Waals surface area contributed by atoms with Crippen LogP contribution in [0.2, 0.25) is 0 Å². The monoisotopic (exact) mass is 226 g/mol. The number of nitrogens with zero attached hydrogens (tertiary/aromatic N) is 1. The largest absolute Gasteiger partial charge is 0.378 e. The molecule has 4 heteroatoms. The van der Waals surface area contributed by atoms with E-state index in [4.69, 9.17) is 4.74 Å². The number of ether oxygens (including phenoxy) is 1. The number of thiazole rings is 1. The van der Waals surface area contributed by atoms with Crippen molar-refractivity contribution in [2.24, 2.45) is 0 Å². The summed E-state index contributed by atoms with van der Waals surface area (Å²) in [7, 11) is 0. The number of aromatic nitrogens is 1. The van der Waals surface area contributed by atoms with Gasteiger partial charge in [-0.1, -0.05) is 0 Å². The summed E-state index contributed by atoms with van der Waals surface area (Å²) in [5.74, 6) is 0. The van der Waals surface area contributed by atoms with Crippen LogP contribution in [0.5, 0.6) is 0 Å². The average Bonchev–Trinajstić information content (AvgIpc) is 2.70. The smallest absolute Gasteiger partial charge is 0.0795 e. The zero-order valence-corrected chi connectivity index (χ0v) is 10.1. The molecule has 1 N–H and O–H groups in total. The lowest BCUT2D eigenvalue weighted by Gasteiger charge is -2.30. The molecule has 0 aromatic carbocycles. The van der Waals surface area contributed by atoms with Crippen molar-refractivity contribution in [2.45, 2.75) is 44.9 Å². The second-order valence-corrected chi connectivity index (χ2v) is 4.92. The van der Waals surface area contributed by atoms with Gasteiger partial charge in [-0.3, -0.25) is 0 Å². The quantitative estimate of drug-likeness (QED) is 0.859. The zero-order chi connectivity index (χ0) is 10.7. The first-order valence-electron chi connectivity index (χ1n) is 5.51. The molecule has 1 aliphatic heterocycles. The van der Waals surface area contributed by atoms with Gasteiger partial charge in [-0.15, -0.1) is 11.3 Å². The standard InChI is InChI=1S/C11H18N2OS/c1-8-5-10(3-4-14-8)13-9(2)11-6-15-7-12-11/h6-10,13H,3-5H2,1-2H3. The van der Waals surface area contributed by atoms with Crippen molar-refractivity contribution in [2.75, 3.05) is 6.61 Å². The first-order chi connectivity index (χ1) is 7.25. The van der Waals surface area contributed by atoms with E-state index in [1.54, 1.807) is 11.3 Å². The van der Waals surface area contributed by atoms with Crippen molar-refractivity contribution in [1.29, 1.82) is 0 Å². The lowest BCUT2D eigenvalue weighted by molar-refractivity contribution is 0.0115. The predicted molar refractivity (Wildman–Crippen MR) is 62.1 cm³/mol. The fraction of sp³-hybridized carbons (Fsp3) is 0.727. The molecule has 3 atom stereocenters. The molecular weight excluding hydrogens is 208 g/mol. The average molecular weight is 226 g/mol. The highest BCUT2D eigenvalue weighted by molar-refractivity contribution is 7.07. The summed E-state index contributed by atoms with van der Waals surface area (Å²) in [6.07, 6.45) is 2.60. The third kappa shape index (κ3) is 3.00. The lowest BCUT2D eigenvalue weighted by Crippen LogP contribution is -2.39. The number of nitrogens with one attached hydrogen (secondary N) is 1. The molecule has 0 radical (unpaired) electrons. The van der Waals surface area contributed by atoms with Crippen molar-refractivity contribution >= 4 is 11.3 Å². The topological polar surface area (TPSA) is 34.2 Å². The maximum Gasteiger partial charge on any atom is 0.0795 e. The van der Waals surface area contributed by atoms with Crippen LogP contribution in [0, 0.1) is 0 Å². The van der Waals surface area contributed by atoms with E-state index >= 15 is 0 Å². The molecule has 15 heavy (non-hydrogen) atoms. The molecule has 1 fully saturated rings. The fourth-order valence-corrected chi connectivity index (χ4v) is 2.67. The minimum absolute atomic E-state index is 0.353. The summed E-state index contributed by atoms with van der Waals surface area (Å²) in [6, 6.07) is 0.928. The molecule has 1 aromatic heterocycles. The Labute approximate surface area is 94.9 Å². The van der Waals surface area contributed by atoms with Crippen molar-refractivity contribution in [3.05, 3.63) is 16.6 Å². The van der Waals surface area contributed by atoms with Crippen LogP contribution in [-0.4, -0.2) is 23.7 Å². The van der Waals surface area contributed by atoms with Crippen LogP contribution in [0.4, 0.5) is 0 Å². The minimum atomic E-state index is 0.353. The van der Waals surface area contributed by atoms with Crippen molar-refractivity contribution in [3.63, 3.8) is 0 Å². The first-order valence-corrected chi connectivity index (χ1v) is 6.45. The third-order valence-corrected chi connectivity index (χ3v) is 3.47. The molecule has 84 valence electrons. The van der Waals surface area contributed by atoms with Gasteiger partial charge in [0.1, 0.15) is 0 Å². The van der Waals surface area contributed by atoms with Gasteiger partial charge in [0, 0.05) is 24.1 Å². The summed E-state index contributed by atoms with van der Waals surface area (Å²) < 4.78 is 5.53. The predicted octanol–water partition coefficient (Wildman–Crippen LogP) is 2.36. The van der Waals surface area contributed by atoms with Gasteiger partial charge in [0.05, 0.1) is 17.3 Å². The molecule has 2 heterocycles. The summed E-state index contributed by atoms with van der Waals surface area (Å²) in [4.78, 5) is 4.33. The van der Waals surface area contributed by atoms with Crippen LogP contribution in [-0.2, 0) is 4.74 Å². The summed E-state index contributed by atoms with van der Waals surface area (Å²) in [5, 5.41) is 5.73. The van der Waals surface area contributed by atoms with E-state index in [1.807, 2.05) is 5.51 Å². The zero-order valence-electron chi connectivity index (χ0n) is 9.27. The van der Waals surface area contributed by atoms with E-state index in [9.17, 15) is 0 Å². The molecule has 0 aliphatic carbocycles. The van der Waals surface area contributed by atoms with E-state index in [1.165, 1.54) is 0 Å². The van der Waals surface area contributed by atoms with Gasteiger partial charge in [0.2, 0.25) is 0 Å². The second kappa shape index (κ2) is 5.05. The number of rotatable bonds is 3. The first kappa shape index (κ1) is 11.0. The molecule has 1 aromatic rings. The molecule has 3 nitrogen and oxygen atoms in total. The van der Waals surface area contributed by atoms with Crippen molar-refractivity contribution in [1.82, 2.24) is 10.3 Å². The molecule has 0 saturated carbocycles. The summed E-state index contributed by atoms with van der Waals surface area (Å²) >= 11 is 1.65. The summed E-state index contributed by atoms with van der Waals surface area (Å²) in [5.41, 5.74) is 3.04. The van der Waals surface area contributed by atoms with Crippen LogP contribution in [0.3, 0.4) is 0 Å². The molecule has 0 amide bonds. The van der Waals surface area contributed by atoms with Crippen LogP contribution < -0.4 is 5.32 Å². The molecular formula is C11H18N2OS. The molecule has 2 rings (SSSR count). The summed E-state index contributed by atoms with van der Waals surface area (Å²) in [6.45, 7) is 5.19. The Hall–Kier alpha value is -0.450. The highest BCUT2D eigenvalue weighted by Gasteiger charge is 2.21. The Morgan fingerprint density at radius 2 is 2.53 bits per heavy atom. The highest BCUT2D eigenvalue weighted by Crippen LogP contribution is 2.18. The molecule has 3 unspecified atom stereocenters. The normalized spacial score (nSPS) is 28.9. The van der Waals surface area contributed by atoms with Gasteiger partial charge in [-0.2, -0.15) is 0 Å². The van der Waals surface area contributed by atoms with Crippen LogP contribution in [0.25, 0.3) is 0 Å². The van der Waals surface area contributed by atoms with Crippen molar-refractivity contribution in [3.8, 4) is 0 Å². The van der Waals surface area contributed by atoms with E-state index < -0.39 is 0 Å². The number of hydrogen-bond acceptors (Lipinski definition) is 4. The molecule has 0 bridgehead atoms. The SMILES string of the molecule is CC1CC(NC(C)c2cscn2)CCO1. The number of hydrogen-bond donors (Lipinski definition) is 1. The van der Waals surface area contributed by atoms with Gasteiger partial charge >= 0.3 is 0 Å². The van der Waals surface area contributed by atoms with Crippen LogP contribution in [0.1, 0.15) is 38.4 Å². The Kier molecular flexibility index (Phi) is 3.72. The molecule has 1 aliphatic rings. The maximum absolute atomic E-state index is 5.53. The van der Waals surface area contributed by atoms with Crippen LogP contribution >= 0.6 is 11.3 Å². The van der Waals surface area contributed by atoms with E-state index in [0.717, 1.165) is 25.1 Å². The van der Waals surface area contributed by atoms with Gasteiger partial charge in [-0.25, -0.2) is 4.98 Å². The van der Waals surface area contributed by atoms with E-state index in [2.05, 4.69) is 29.5 Å². The third-order valence-electron chi connectivity index (χ3n) is 2.87. The van der Waals surface area contributed by atoms with Gasteiger partial charge < -0.3 is 10.1 Å². The minimum Gasteiger partial charge on any atom is -0.378 e. The van der Waals surface area contributed by atoms with Gasteiger partial charge in [-0.05, 0) is 26.7 Å². The lowest BCUT2D eigenvalue weighted by atomic mass is 10.0. The van der Waals surface area contributed by atoms with Gasteiger partial charge in [0.15, 0.2) is 0 Å². The second-order valence-electron chi connectivity index (χ2n) is 4.20. The maximum atomic E-state index is 5.53. The Bertz CT molecular complexity index is 289. The fourth-order valence-electron chi connectivity index (χ4n) is 2.02. The Balaban J connectivity index is 1.86. The van der Waals surface area contributed by atoms with E-state index in [-0.39, 0.29) is 0 Å². The highest BCUT2D eigenvalue weighted by atomic mass is 32.1. The van der Waals surface area contributed by atoms with Crippen LogP contribution in [0.15, 0.2) is 10.9 Å². The van der Waals surface area contributed by atoms with Crippen molar-refractivity contribution < 1.29 is 4.74 Å². The molecule has 0 spiro atoms. The van der Waals surface area contributed by atoms with E-state index in [0.29, 0.717) is 18.2 Å². The Morgan fingerprint density at radius 1 is 1.67 bits per heavy atom. The van der Waals surface area contributed by atoms with Gasteiger partial charge in [0.25, 0.3) is 0 Å².